The van der Waals surface area contributed by atoms with Crippen LogP contribution in [-0.2, 0) is 28.6 Å². The summed E-state index contributed by atoms with van der Waals surface area (Å²) in [7, 11) is 0. The van der Waals surface area contributed by atoms with Crippen molar-refractivity contribution in [2.45, 2.75) is 341 Å². The van der Waals surface area contributed by atoms with Crippen molar-refractivity contribution in [3.63, 3.8) is 0 Å². The Hall–Kier alpha value is -3.67. The van der Waals surface area contributed by atoms with Crippen molar-refractivity contribution in [2.24, 2.45) is 0 Å². The van der Waals surface area contributed by atoms with Gasteiger partial charge in [0.25, 0.3) is 0 Å². The number of rotatable bonds is 62. The second-order valence-corrected chi connectivity index (χ2v) is 22.7. The van der Waals surface area contributed by atoms with E-state index in [4.69, 9.17) is 14.2 Å². The Bertz CT molecular complexity index is 1560. The molecule has 0 rings (SSSR count). The topological polar surface area (TPSA) is 78.9 Å². The van der Waals surface area contributed by atoms with E-state index in [1.54, 1.807) is 0 Å². The summed E-state index contributed by atoms with van der Waals surface area (Å²) in [6.45, 7) is 6.48. The van der Waals surface area contributed by atoms with E-state index < -0.39 is 6.10 Å². The standard InChI is InChI=1S/C74H128O6/c1-4-7-10-13-16-18-20-22-24-26-28-30-32-34-36-37-39-40-42-44-46-48-50-52-54-56-58-61-64-67-73(76)79-70-71(69-78-72(75)66-63-60-15-12-9-6-3)80-74(77)68-65-62-59-57-55-53-51-49-47-45-43-41-38-35-33-31-29-27-25-23-21-19-17-14-11-8-5-2/h8,11,17,19-20,22-23,25-26,28-29,31-32,34-35,38,71H,4-7,9-10,12-16,18,21,24,27,30,33,36-37,39-70H2,1-3H3/b11-8-,19-17-,22-20-,25-23-,28-26-,31-29-,34-32-,38-35-. The molecule has 460 valence electrons. The smallest absolute Gasteiger partial charge is 0.306 e. The van der Waals surface area contributed by atoms with Gasteiger partial charge in [0.05, 0.1) is 0 Å². The molecule has 0 heterocycles. The molecule has 0 aromatic carbocycles. The van der Waals surface area contributed by atoms with E-state index in [-0.39, 0.29) is 31.1 Å². The van der Waals surface area contributed by atoms with Crippen LogP contribution in [0, 0.1) is 0 Å². The minimum atomic E-state index is -0.777. The molecular weight excluding hydrogens is 985 g/mol. The third kappa shape index (κ3) is 65.1. The minimum absolute atomic E-state index is 0.0763. The number of ether oxygens (including phenoxy) is 3. The number of hydrogen-bond donors (Lipinski definition) is 0. The predicted octanol–water partition coefficient (Wildman–Crippen LogP) is 23.6. The summed E-state index contributed by atoms with van der Waals surface area (Å²) in [5.41, 5.74) is 0. The highest BCUT2D eigenvalue weighted by atomic mass is 16.6. The van der Waals surface area contributed by atoms with Gasteiger partial charge >= 0.3 is 17.9 Å². The Labute approximate surface area is 496 Å². The Kier molecular flexibility index (Phi) is 64.7. The van der Waals surface area contributed by atoms with Crippen LogP contribution in [0.25, 0.3) is 0 Å². The molecule has 0 radical (unpaired) electrons. The lowest BCUT2D eigenvalue weighted by atomic mass is 10.0. The molecule has 0 aromatic rings. The lowest BCUT2D eigenvalue weighted by Crippen LogP contribution is -2.30. The van der Waals surface area contributed by atoms with E-state index >= 15 is 0 Å². The van der Waals surface area contributed by atoms with Crippen LogP contribution in [0.5, 0.6) is 0 Å². The largest absolute Gasteiger partial charge is 0.462 e. The molecule has 0 aromatic heterocycles. The van der Waals surface area contributed by atoms with Gasteiger partial charge in [0, 0.05) is 19.3 Å². The minimum Gasteiger partial charge on any atom is -0.462 e. The van der Waals surface area contributed by atoms with Crippen LogP contribution < -0.4 is 0 Å². The molecule has 0 saturated heterocycles. The fourth-order valence-corrected chi connectivity index (χ4v) is 9.71. The second kappa shape index (κ2) is 67.8. The van der Waals surface area contributed by atoms with Gasteiger partial charge in [-0.05, 0) is 103 Å². The number of unbranched alkanes of at least 4 members (excludes halogenated alkanes) is 35. The van der Waals surface area contributed by atoms with E-state index in [0.717, 1.165) is 103 Å². The van der Waals surface area contributed by atoms with Crippen LogP contribution in [0.4, 0.5) is 0 Å². The molecule has 0 aliphatic carbocycles. The van der Waals surface area contributed by atoms with Gasteiger partial charge in [0.15, 0.2) is 6.10 Å². The maximum atomic E-state index is 12.9. The lowest BCUT2D eigenvalue weighted by Gasteiger charge is -2.18. The fourth-order valence-electron chi connectivity index (χ4n) is 9.71. The molecule has 0 N–H and O–H groups in total. The zero-order chi connectivity index (χ0) is 57.8. The Morgan fingerprint density at radius 3 is 0.762 bits per heavy atom. The molecule has 6 heteroatoms. The maximum Gasteiger partial charge on any atom is 0.306 e. The number of carbonyl (C=O) groups excluding carboxylic acids is 3. The van der Waals surface area contributed by atoms with Gasteiger partial charge < -0.3 is 14.2 Å². The summed E-state index contributed by atoms with van der Waals surface area (Å²) in [6.07, 6.45) is 91.8. The third-order valence-corrected chi connectivity index (χ3v) is 14.8. The molecule has 0 amide bonds. The van der Waals surface area contributed by atoms with Gasteiger partial charge in [0.2, 0.25) is 0 Å². The van der Waals surface area contributed by atoms with E-state index in [2.05, 4.69) is 118 Å². The molecular formula is C74H128O6. The Morgan fingerprint density at radius 2 is 0.487 bits per heavy atom. The molecule has 0 bridgehead atoms. The molecule has 6 nitrogen and oxygen atoms in total. The number of hydrogen-bond acceptors (Lipinski definition) is 6. The van der Waals surface area contributed by atoms with Gasteiger partial charge in [-0.15, -0.1) is 0 Å². The molecule has 1 unspecified atom stereocenters. The van der Waals surface area contributed by atoms with Crippen LogP contribution >= 0.6 is 0 Å². The average molecular weight is 1110 g/mol. The first-order valence-corrected chi connectivity index (χ1v) is 34.2. The molecule has 0 spiro atoms. The normalized spacial score (nSPS) is 12.7. The third-order valence-electron chi connectivity index (χ3n) is 14.8. The zero-order valence-corrected chi connectivity index (χ0v) is 52.8. The summed E-state index contributed by atoms with van der Waals surface area (Å²) in [4.78, 5) is 38.1. The van der Waals surface area contributed by atoms with Gasteiger partial charge in [-0.25, -0.2) is 0 Å². The van der Waals surface area contributed by atoms with Crippen molar-refractivity contribution < 1.29 is 28.6 Å². The monoisotopic (exact) mass is 1110 g/mol. The summed E-state index contributed by atoms with van der Waals surface area (Å²) in [6, 6.07) is 0. The van der Waals surface area contributed by atoms with Crippen LogP contribution in [0.1, 0.15) is 335 Å². The van der Waals surface area contributed by atoms with Crippen molar-refractivity contribution in [3.05, 3.63) is 97.2 Å². The van der Waals surface area contributed by atoms with Crippen LogP contribution in [0.15, 0.2) is 97.2 Å². The number of esters is 3. The lowest BCUT2D eigenvalue weighted by molar-refractivity contribution is -0.167. The highest BCUT2D eigenvalue weighted by Crippen LogP contribution is 2.17. The SMILES string of the molecule is CC/C=C\C/C=C\C/C=C\C/C=C\C/C=C\CCCCCCCCCCCCCC(=O)OC(COC(=O)CCCCCCCC)COC(=O)CCCCCCCCCCCCCCCC/C=C\C/C=C\C/C=C\CCCCCCC. The van der Waals surface area contributed by atoms with E-state index in [9.17, 15) is 14.4 Å². The van der Waals surface area contributed by atoms with Gasteiger partial charge in [0.1, 0.15) is 13.2 Å². The van der Waals surface area contributed by atoms with Crippen molar-refractivity contribution in [1.29, 1.82) is 0 Å². The molecule has 0 aliphatic heterocycles. The van der Waals surface area contributed by atoms with Crippen LogP contribution in [-0.4, -0.2) is 37.2 Å². The van der Waals surface area contributed by atoms with Crippen molar-refractivity contribution in [1.82, 2.24) is 0 Å². The quantitative estimate of drug-likeness (QED) is 0.0261. The van der Waals surface area contributed by atoms with Gasteiger partial charge in [-0.1, -0.05) is 311 Å². The second-order valence-electron chi connectivity index (χ2n) is 22.7. The predicted molar refractivity (Wildman–Crippen MR) is 348 cm³/mol. The van der Waals surface area contributed by atoms with Gasteiger partial charge in [-0.3, -0.25) is 14.4 Å². The highest BCUT2D eigenvalue weighted by Gasteiger charge is 2.19. The summed E-state index contributed by atoms with van der Waals surface area (Å²) in [5, 5.41) is 0. The molecule has 0 aliphatic rings. The first-order chi connectivity index (χ1) is 39.5. The fraction of sp³-hybridized carbons (Fsp3) is 0.743. The van der Waals surface area contributed by atoms with Crippen LogP contribution in [0.2, 0.25) is 0 Å². The maximum absolute atomic E-state index is 12.9. The van der Waals surface area contributed by atoms with Gasteiger partial charge in [-0.2, -0.15) is 0 Å². The summed E-state index contributed by atoms with van der Waals surface area (Å²) >= 11 is 0. The number of allylic oxidation sites excluding steroid dienone is 16. The zero-order valence-electron chi connectivity index (χ0n) is 52.8. The Balaban J connectivity index is 4.05. The Morgan fingerprint density at radius 1 is 0.263 bits per heavy atom. The highest BCUT2D eigenvalue weighted by molar-refractivity contribution is 5.71. The first kappa shape index (κ1) is 76.3. The van der Waals surface area contributed by atoms with Crippen molar-refractivity contribution >= 4 is 17.9 Å². The summed E-state index contributed by atoms with van der Waals surface area (Å²) in [5.74, 6) is -0.878. The van der Waals surface area contributed by atoms with E-state index in [1.165, 1.54) is 193 Å². The molecule has 1 atom stereocenters. The van der Waals surface area contributed by atoms with E-state index in [0.29, 0.717) is 19.3 Å². The average Bonchev–Trinajstić information content (AvgIpc) is 3.46. The number of carbonyl (C=O) groups is 3. The van der Waals surface area contributed by atoms with E-state index in [1.807, 2.05) is 0 Å². The van der Waals surface area contributed by atoms with Crippen LogP contribution in [0.3, 0.4) is 0 Å². The molecule has 0 fully saturated rings. The molecule has 80 heavy (non-hydrogen) atoms. The molecule has 0 saturated carbocycles. The first-order valence-electron chi connectivity index (χ1n) is 34.2. The summed E-state index contributed by atoms with van der Waals surface area (Å²) < 4.78 is 16.8. The van der Waals surface area contributed by atoms with Crippen molar-refractivity contribution in [3.8, 4) is 0 Å². The van der Waals surface area contributed by atoms with Crippen molar-refractivity contribution in [2.75, 3.05) is 13.2 Å².